The Morgan fingerprint density at radius 3 is 2.53 bits per heavy atom. The minimum Gasteiger partial charge on any atom is -0.296 e. The fourth-order valence-corrected chi connectivity index (χ4v) is 2.05. The molecule has 2 heterocycles. The van der Waals surface area contributed by atoms with E-state index in [0.717, 1.165) is 10.0 Å². The van der Waals surface area contributed by atoms with E-state index < -0.39 is 0 Å². The summed E-state index contributed by atoms with van der Waals surface area (Å²) in [5, 5.41) is 2.28. The van der Waals surface area contributed by atoms with Crippen molar-refractivity contribution in [2.45, 2.75) is 18.8 Å². The van der Waals surface area contributed by atoms with Crippen LogP contribution >= 0.6 is 15.9 Å². The van der Waals surface area contributed by atoms with Crippen LogP contribution in [-0.4, -0.2) is 16.8 Å². The first-order valence-corrected chi connectivity index (χ1v) is 5.37. The molecule has 0 bridgehead atoms. The number of imide groups is 1. The monoisotopic (exact) mass is 268 g/mol. The molecule has 1 aliphatic rings. The molecule has 1 aliphatic heterocycles. The Morgan fingerprint density at radius 1 is 1.27 bits per heavy atom. The standard InChI is InChI=1S/C10H9BrN2O2/c11-8-1-7(4-12-5-8)6-2-9(14)13-10(15)3-6/h1,4-6H,2-3H2,(H,13,14,15). The average molecular weight is 269 g/mol. The number of carbonyl (C=O) groups is 2. The average Bonchev–Trinajstić information content (AvgIpc) is 2.16. The first-order valence-electron chi connectivity index (χ1n) is 4.58. The van der Waals surface area contributed by atoms with Gasteiger partial charge in [0.2, 0.25) is 11.8 Å². The molecule has 1 fully saturated rings. The van der Waals surface area contributed by atoms with Gasteiger partial charge in [0.05, 0.1) is 0 Å². The van der Waals surface area contributed by atoms with E-state index in [9.17, 15) is 9.59 Å². The largest absolute Gasteiger partial charge is 0.296 e. The van der Waals surface area contributed by atoms with Gasteiger partial charge in [-0.2, -0.15) is 0 Å². The zero-order valence-corrected chi connectivity index (χ0v) is 9.45. The molecule has 15 heavy (non-hydrogen) atoms. The first-order chi connectivity index (χ1) is 7.15. The number of halogens is 1. The van der Waals surface area contributed by atoms with Gasteiger partial charge in [0.15, 0.2) is 0 Å². The Balaban J connectivity index is 2.23. The van der Waals surface area contributed by atoms with Gasteiger partial charge in [-0.15, -0.1) is 0 Å². The zero-order chi connectivity index (χ0) is 10.8. The summed E-state index contributed by atoms with van der Waals surface area (Å²) in [4.78, 5) is 26.4. The Bertz CT molecular complexity index is 404. The summed E-state index contributed by atoms with van der Waals surface area (Å²) in [5.74, 6) is -0.469. The highest BCUT2D eigenvalue weighted by atomic mass is 79.9. The van der Waals surface area contributed by atoms with Crippen molar-refractivity contribution in [1.82, 2.24) is 10.3 Å². The van der Waals surface area contributed by atoms with Crippen LogP contribution in [0.5, 0.6) is 0 Å². The van der Waals surface area contributed by atoms with Crippen LogP contribution in [0.1, 0.15) is 24.3 Å². The van der Waals surface area contributed by atoms with Gasteiger partial charge in [-0.3, -0.25) is 19.9 Å². The molecule has 4 nitrogen and oxygen atoms in total. The maximum absolute atomic E-state index is 11.2. The second-order valence-electron chi connectivity index (χ2n) is 3.51. The van der Waals surface area contributed by atoms with E-state index in [1.54, 1.807) is 12.4 Å². The van der Waals surface area contributed by atoms with E-state index >= 15 is 0 Å². The number of carbonyl (C=O) groups excluding carboxylic acids is 2. The summed E-state index contributed by atoms with van der Waals surface area (Å²) < 4.78 is 0.860. The molecule has 2 rings (SSSR count). The summed E-state index contributed by atoms with van der Waals surface area (Å²) >= 11 is 3.31. The predicted molar refractivity (Wildman–Crippen MR) is 57.1 cm³/mol. The number of nitrogens with one attached hydrogen (secondary N) is 1. The molecule has 78 valence electrons. The molecule has 1 N–H and O–H groups in total. The summed E-state index contributed by atoms with van der Waals surface area (Å²) in [6.45, 7) is 0. The van der Waals surface area contributed by atoms with Crippen molar-refractivity contribution in [3.8, 4) is 0 Å². The van der Waals surface area contributed by atoms with E-state index in [1.807, 2.05) is 6.07 Å². The minimum atomic E-state index is -0.212. The number of amides is 2. The molecule has 0 spiro atoms. The highest BCUT2D eigenvalue weighted by molar-refractivity contribution is 9.10. The molecule has 0 unspecified atom stereocenters. The second-order valence-corrected chi connectivity index (χ2v) is 4.43. The minimum absolute atomic E-state index is 0.0451. The summed E-state index contributed by atoms with van der Waals surface area (Å²) in [6, 6.07) is 1.89. The van der Waals surface area contributed by atoms with Gasteiger partial charge in [-0.25, -0.2) is 0 Å². The van der Waals surface area contributed by atoms with E-state index in [-0.39, 0.29) is 17.7 Å². The topological polar surface area (TPSA) is 59.1 Å². The number of rotatable bonds is 1. The van der Waals surface area contributed by atoms with Gasteiger partial charge in [0.1, 0.15) is 0 Å². The van der Waals surface area contributed by atoms with E-state index in [0.29, 0.717) is 12.8 Å². The van der Waals surface area contributed by atoms with Crippen LogP contribution < -0.4 is 5.32 Å². The molecule has 1 saturated heterocycles. The number of hydrogen-bond acceptors (Lipinski definition) is 3. The Morgan fingerprint density at radius 2 is 1.93 bits per heavy atom. The fraction of sp³-hybridized carbons (Fsp3) is 0.300. The third-order valence-corrected chi connectivity index (χ3v) is 2.77. The Kier molecular flexibility index (Phi) is 2.81. The predicted octanol–water partition coefficient (Wildman–Crippen LogP) is 1.36. The lowest BCUT2D eigenvalue weighted by atomic mass is 9.91. The van der Waals surface area contributed by atoms with Crippen molar-refractivity contribution >= 4 is 27.7 Å². The molecule has 0 saturated carbocycles. The third-order valence-electron chi connectivity index (χ3n) is 2.34. The normalized spacial score (nSPS) is 17.7. The quantitative estimate of drug-likeness (QED) is 0.783. The number of hydrogen-bond donors (Lipinski definition) is 1. The van der Waals surface area contributed by atoms with Crippen LogP contribution in [0, 0.1) is 0 Å². The van der Waals surface area contributed by atoms with Crippen LogP contribution in [-0.2, 0) is 9.59 Å². The van der Waals surface area contributed by atoms with Crippen LogP contribution in [0.3, 0.4) is 0 Å². The lowest BCUT2D eigenvalue weighted by molar-refractivity contribution is -0.133. The first kappa shape index (κ1) is 10.3. The van der Waals surface area contributed by atoms with Gasteiger partial charge >= 0.3 is 0 Å². The van der Waals surface area contributed by atoms with E-state index in [4.69, 9.17) is 0 Å². The van der Waals surface area contributed by atoms with E-state index in [2.05, 4.69) is 26.2 Å². The van der Waals surface area contributed by atoms with Crippen LogP contribution in [0.4, 0.5) is 0 Å². The third kappa shape index (κ3) is 2.41. The van der Waals surface area contributed by atoms with Gasteiger partial charge in [0.25, 0.3) is 0 Å². The van der Waals surface area contributed by atoms with Crippen LogP contribution in [0.15, 0.2) is 22.9 Å². The molecule has 5 heteroatoms. The maximum Gasteiger partial charge on any atom is 0.227 e. The molecule has 2 amide bonds. The van der Waals surface area contributed by atoms with Crippen LogP contribution in [0.25, 0.3) is 0 Å². The van der Waals surface area contributed by atoms with Gasteiger partial charge in [-0.05, 0) is 27.6 Å². The Hall–Kier alpha value is -1.23. The molecule has 0 atom stereocenters. The van der Waals surface area contributed by atoms with E-state index in [1.165, 1.54) is 0 Å². The molecule has 0 radical (unpaired) electrons. The molecular formula is C10H9BrN2O2. The summed E-state index contributed by atoms with van der Waals surface area (Å²) in [5.41, 5.74) is 0.924. The number of nitrogens with zero attached hydrogens (tertiary/aromatic N) is 1. The number of piperidine rings is 1. The number of pyridine rings is 1. The van der Waals surface area contributed by atoms with Crippen LogP contribution in [0.2, 0.25) is 0 Å². The Labute approximate surface area is 95.2 Å². The van der Waals surface area contributed by atoms with Gasteiger partial charge in [-0.1, -0.05) is 0 Å². The van der Waals surface area contributed by atoms with Crippen molar-refractivity contribution in [3.05, 3.63) is 28.5 Å². The highest BCUT2D eigenvalue weighted by Gasteiger charge is 2.26. The second kappa shape index (κ2) is 4.10. The SMILES string of the molecule is O=C1CC(c2cncc(Br)c2)CC(=O)N1. The lowest BCUT2D eigenvalue weighted by Gasteiger charge is -2.20. The smallest absolute Gasteiger partial charge is 0.227 e. The van der Waals surface area contributed by atoms with Crippen molar-refractivity contribution in [3.63, 3.8) is 0 Å². The van der Waals surface area contributed by atoms with Crippen molar-refractivity contribution in [2.24, 2.45) is 0 Å². The molecule has 1 aromatic rings. The maximum atomic E-state index is 11.2. The molecule has 0 aromatic carbocycles. The fourth-order valence-electron chi connectivity index (χ4n) is 1.66. The summed E-state index contributed by atoms with van der Waals surface area (Å²) in [7, 11) is 0. The number of aromatic nitrogens is 1. The molecule has 1 aromatic heterocycles. The van der Waals surface area contributed by atoms with Gasteiger partial charge in [0, 0.05) is 35.6 Å². The molecule has 0 aliphatic carbocycles. The van der Waals surface area contributed by atoms with Crippen molar-refractivity contribution < 1.29 is 9.59 Å². The summed E-state index contributed by atoms with van der Waals surface area (Å²) in [6.07, 6.45) is 4.07. The van der Waals surface area contributed by atoms with Crippen molar-refractivity contribution in [2.75, 3.05) is 0 Å². The highest BCUT2D eigenvalue weighted by Crippen LogP contribution is 2.27. The van der Waals surface area contributed by atoms with Gasteiger partial charge < -0.3 is 0 Å². The van der Waals surface area contributed by atoms with Crippen molar-refractivity contribution in [1.29, 1.82) is 0 Å². The zero-order valence-electron chi connectivity index (χ0n) is 7.87. The molecular weight excluding hydrogens is 260 g/mol. The lowest BCUT2D eigenvalue weighted by Crippen LogP contribution is -2.37.